The topological polar surface area (TPSA) is 0 Å². The molecule has 6 rings (SSSR count). The fraction of sp³-hybridized carbons (Fsp3) is 0.769. The van der Waals surface area contributed by atoms with E-state index in [1.165, 1.54) is 51.4 Å². The van der Waals surface area contributed by atoms with Gasteiger partial charge in [-0.1, -0.05) is 155 Å². The molecule has 0 aromatic rings. The van der Waals surface area contributed by atoms with Crippen LogP contribution < -0.4 is 0 Å². The van der Waals surface area contributed by atoms with Crippen LogP contribution in [0.1, 0.15) is 162 Å². The van der Waals surface area contributed by atoms with Crippen molar-refractivity contribution in [1.82, 2.24) is 0 Å². The van der Waals surface area contributed by atoms with Gasteiger partial charge in [-0.05, 0) is 147 Å². The third-order valence-electron chi connectivity index (χ3n) is 17.5. The van der Waals surface area contributed by atoms with Crippen molar-refractivity contribution < 1.29 is 41.7 Å². The van der Waals surface area contributed by atoms with Crippen molar-refractivity contribution in [1.29, 1.82) is 0 Å². The Kier molecular flexibility index (Phi) is 36.0. The van der Waals surface area contributed by atoms with Crippen molar-refractivity contribution in [2.24, 2.45) is 47.3 Å². The normalized spacial score (nSPS) is 30.7. The summed E-state index contributed by atoms with van der Waals surface area (Å²) in [5, 5.41) is 0. The first-order valence-electron chi connectivity index (χ1n) is 22.8. The molecule has 0 aromatic carbocycles. The van der Waals surface area contributed by atoms with Crippen LogP contribution in [0.3, 0.4) is 0 Å². The third kappa shape index (κ3) is 14.7. The van der Waals surface area contributed by atoms with Crippen LogP contribution in [0.15, 0.2) is 44.6 Å². The molecule has 4 saturated carbocycles. The van der Waals surface area contributed by atoms with Gasteiger partial charge >= 0.3 is 75.7 Å². The molecule has 0 nitrogen and oxygen atoms in total. The molecule has 10 unspecified atom stereocenters. The third-order valence-corrected chi connectivity index (χ3v) is 28.1. The first-order valence-corrected chi connectivity index (χ1v) is 41.8. The van der Waals surface area contributed by atoms with Gasteiger partial charge in [0, 0.05) is 0 Å². The van der Waals surface area contributed by atoms with E-state index in [0.29, 0.717) is 0 Å². The zero-order chi connectivity index (χ0) is 43.6. The van der Waals surface area contributed by atoms with Crippen LogP contribution in [0.25, 0.3) is 0 Å². The first kappa shape index (κ1) is 68.9. The number of fused-ring (bicyclic) bond motifs is 2. The van der Waals surface area contributed by atoms with Crippen LogP contribution in [0, 0.1) is 77.0 Å². The summed E-state index contributed by atoms with van der Waals surface area (Å²) in [6.45, 7) is 48.7. The van der Waals surface area contributed by atoms with Gasteiger partial charge in [0.15, 0.2) is 0 Å². The Morgan fingerprint density at radius 1 is 0.383 bits per heavy atom. The summed E-state index contributed by atoms with van der Waals surface area (Å²) < 4.78 is 0. The van der Waals surface area contributed by atoms with Crippen LogP contribution >= 0.6 is 34.1 Å². The zero-order valence-corrected chi connectivity index (χ0v) is 54.0. The predicted octanol–water partition coefficient (Wildman–Crippen LogP) is 21.0. The summed E-state index contributed by atoms with van der Waals surface area (Å²) in [5.41, 5.74) is 17.5. The molecular formula is C52H100Cl4Si2Zr2. The van der Waals surface area contributed by atoms with Gasteiger partial charge in [0.2, 0.25) is 0 Å². The van der Waals surface area contributed by atoms with Gasteiger partial charge < -0.3 is 29.7 Å². The summed E-state index contributed by atoms with van der Waals surface area (Å²) in [4.78, 5) is 0. The van der Waals surface area contributed by atoms with Crippen molar-refractivity contribution in [2.45, 2.75) is 210 Å². The number of allylic oxidation sites excluding steroid dienone is 8. The van der Waals surface area contributed by atoms with Gasteiger partial charge in [-0.15, -0.1) is 0 Å². The zero-order valence-electron chi connectivity index (χ0n) is 44.1. The minimum absolute atomic E-state index is 0. The van der Waals surface area contributed by atoms with Crippen LogP contribution in [-0.4, -0.2) is 16.1 Å². The summed E-state index contributed by atoms with van der Waals surface area (Å²) in [6, 6.07) is 0. The van der Waals surface area contributed by atoms with Crippen LogP contribution in [0.5, 0.6) is 0 Å². The van der Waals surface area contributed by atoms with Crippen LogP contribution in [-0.2, 0) is 41.7 Å². The van der Waals surface area contributed by atoms with E-state index in [9.17, 15) is 0 Å². The van der Waals surface area contributed by atoms with E-state index in [0.717, 1.165) is 69.5 Å². The molecule has 0 N–H and O–H groups in total. The SMILES string of the molecule is CC.CC.CC1=C(C)C2C(C)C(C)C([Si](C)(C)C3CCCC3)C2C(C)=C1C.CC1=C(C)C2C(C)C(C)C([Si](C)(C)C3CCCC3)C2C(C)=C1C.[CH3-].[CH3-].[CH3-].[CH3-].[Cl][Zr+2][Cl].[Cl][Zr+2][Cl]. The molecular weight excluding hydrogens is 1010 g/mol. The molecule has 0 aliphatic heterocycles. The molecule has 0 heterocycles. The van der Waals surface area contributed by atoms with Gasteiger partial charge in [-0.25, -0.2) is 0 Å². The predicted molar refractivity (Wildman–Crippen MR) is 283 cm³/mol. The van der Waals surface area contributed by atoms with Crippen molar-refractivity contribution >= 4 is 50.2 Å². The quantitative estimate of drug-likeness (QED) is 0.194. The van der Waals surface area contributed by atoms with Crippen molar-refractivity contribution in [3.8, 4) is 0 Å². The maximum atomic E-state index is 4.93. The molecule has 352 valence electrons. The molecule has 0 radical (unpaired) electrons. The van der Waals surface area contributed by atoms with E-state index in [4.69, 9.17) is 34.1 Å². The number of hydrogen-bond acceptors (Lipinski definition) is 0. The molecule has 0 amide bonds. The van der Waals surface area contributed by atoms with E-state index >= 15 is 0 Å². The summed E-state index contributed by atoms with van der Waals surface area (Å²) in [6.07, 6.45) is 12.1. The van der Waals surface area contributed by atoms with Crippen molar-refractivity contribution in [2.75, 3.05) is 0 Å². The second-order valence-corrected chi connectivity index (χ2v) is 37.3. The summed E-state index contributed by atoms with van der Waals surface area (Å²) in [7, 11) is 17.3. The van der Waals surface area contributed by atoms with Gasteiger partial charge in [-0.3, -0.25) is 0 Å². The number of hydrogen-bond donors (Lipinski definition) is 0. The summed E-state index contributed by atoms with van der Waals surface area (Å²) in [5.74, 6) is 6.87. The molecule has 0 aromatic heterocycles. The molecule has 0 spiro atoms. The van der Waals surface area contributed by atoms with Gasteiger partial charge in [0.1, 0.15) is 0 Å². The average molecular weight is 1110 g/mol. The Morgan fingerprint density at radius 2 is 0.567 bits per heavy atom. The Bertz CT molecular complexity index is 1250. The monoisotopic (exact) mass is 1100 g/mol. The molecule has 8 heteroatoms. The summed E-state index contributed by atoms with van der Waals surface area (Å²) >= 11 is -1.65. The number of halogens is 4. The molecule has 10 atom stereocenters. The Morgan fingerprint density at radius 3 is 0.767 bits per heavy atom. The van der Waals surface area contributed by atoms with Crippen LogP contribution in [0.2, 0.25) is 48.4 Å². The van der Waals surface area contributed by atoms with Gasteiger partial charge in [0.25, 0.3) is 0 Å². The van der Waals surface area contributed by atoms with Crippen molar-refractivity contribution in [3.63, 3.8) is 0 Å². The Balaban J connectivity index is -0.000000408. The fourth-order valence-electron chi connectivity index (χ4n) is 13.8. The molecule has 0 bridgehead atoms. The average Bonchev–Trinajstić information content (AvgIpc) is 4.00. The van der Waals surface area contributed by atoms with Gasteiger partial charge in [-0.2, -0.15) is 0 Å². The molecule has 6 aliphatic rings. The second kappa shape index (κ2) is 31.4. The van der Waals surface area contributed by atoms with Crippen molar-refractivity contribution in [3.05, 3.63) is 74.3 Å². The van der Waals surface area contributed by atoms with E-state index in [-0.39, 0.29) is 29.7 Å². The van der Waals surface area contributed by atoms with Crippen LogP contribution in [0.4, 0.5) is 0 Å². The molecule has 0 saturated heterocycles. The van der Waals surface area contributed by atoms with E-state index in [1.807, 2.05) is 27.7 Å². The van der Waals surface area contributed by atoms with E-state index in [2.05, 4.69) is 109 Å². The Labute approximate surface area is 419 Å². The molecule has 6 aliphatic carbocycles. The molecule has 60 heavy (non-hydrogen) atoms. The second-order valence-electron chi connectivity index (χ2n) is 19.6. The van der Waals surface area contributed by atoms with Gasteiger partial charge in [0.05, 0.1) is 16.1 Å². The number of rotatable bonds is 4. The van der Waals surface area contributed by atoms with E-state index < -0.39 is 57.8 Å². The first-order chi connectivity index (χ1) is 26.2. The maximum absolute atomic E-state index is 4.93. The molecule has 4 fully saturated rings. The standard InChI is InChI=1S/2C22H38Si.2C2H6.4CH3.4ClH.2Zr/c2*1-13-14(2)16(4)21-20(15(13)3)17(5)18(6)22(21)23(7,8)19-11-9-10-12-19;2*1-2;;;;;;;;;;/h2*17-22H,9-12H2,1-8H3;2*1-2H3;4*1H3;4*1H;;/q;;;;4*-1;;;;;2*+4/p-4. The Hall–Kier alpha value is 2.32. The van der Waals surface area contributed by atoms with E-state index in [1.54, 1.807) is 44.6 Å². The minimum atomic E-state index is -1.23. The fourth-order valence-corrected chi connectivity index (χ4v) is 24.8.